The summed E-state index contributed by atoms with van der Waals surface area (Å²) in [6.07, 6.45) is 7.68. The van der Waals surface area contributed by atoms with Crippen molar-refractivity contribution in [1.82, 2.24) is 10.6 Å². The number of carbonyl (C=O) groups is 3. The zero-order valence-electron chi connectivity index (χ0n) is 22.4. The second-order valence-electron chi connectivity index (χ2n) is 9.88. The maximum atomic E-state index is 13.4. The van der Waals surface area contributed by atoms with Crippen LogP contribution in [-0.4, -0.2) is 53.9 Å². The average Bonchev–Trinajstić information content (AvgIpc) is 2.95. The molecule has 3 rings (SSSR count). The third-order valence-electron chi connectivity index (χ3n) is 6.52. The number of nitrogens with one attached hydrogen (secondary N) is 2. The first kappa shape index (κ1) is 30.4. The van der Waals surface area contributed by atoms with E-state index in [4.69, 9.17) is 4.74 Å². The molecule has 8 heteroatoms. The van der Waals surface area contributed by atoms with Crippen molar-refractivity contribution in [3.63, 3.8) is 0 Å². The largest absolute Gasteiger partial charge is 0.463 e. The number of hydrogen-bond donors (Lipinski definition) is 3. The summed E-state index contributed by atoms with van der Waals surface area (Å²) in [5.74, 6) is 0.00896. The van der Waals surface area contributed by atoms with Gasteiger partial charge in [0.25, 0.3) is 0 Å². The summed E-state index contributed by atoms with van der Waals surface area (Å²) < 4.78 is 5.50. The van der Waals surface area contributed by atoms with E-state index in [1.807, 2.05) is 60.7 Å². The molecule has 1 aliphatic heterocycles. The Morgan fingerprint density at radius 1 is 1.03 bits per heavy atom. The van der Waals surface area contributed by atoms with E-state index < -0.39 is 12.0 Å². The van der Waals surface area contributed by atoms with E-state index in [0.717, 1.165) is 30.6 Å². The Morgan fingerprint density at radius 2 is 1.74 bits per heavy atom. The Morgan fingerprint density at radius 3 is 2.46 bits per heavy atom. The van der Waals surface area contributed by atoms with Crippen LogP contribution in [0.5, 0.6) is 0 Å². The molecule has 0 saturated heterocycles. The molecular formula is C31H40N2O5S. The van der Waals surface area contributed by atoms with Crippen LogP contribution in [0.3, 0.4) is 0 Å². The van der Waals surface area contributed by atoms with Crippen molar-refractivity contribution >= 4 is 29.5 Å². The van der Waals surface area contributed by atoms with Gasteiger partial charge >= 0.3 is 5.97 Å². The van der Waals surface area contributed by atoms with Gasteiger partial charge < -0.3 is 20.5 Å². The van der Waals surface area contributed by atoms with Crippen molar-refractivity contribution in [3.05, 3.63) is 83.9 Å². The van der Waals surface area contributed by atoms with Gasteiger partial charge in [0.2, 0.25) is 11.8 Å². The molecule has 0 aromatic heterocycles. The lowest BCUT2D eigenvalue weighted by molar-refractivity contribution is -0.145. The zero-order chi connectivity index (χ0) is 27.7. The molecule has 0 fully saturated rings. The summed E-state index contributed by atoms with van der Waals surface area (Å²) in [5, 5.41) is 15.8. The fourth-order valence-electron chi connectivity index (χ4n) is 4.37. The highest BCUT2D eigenvalue weighted by Crippen LogP contribution is 2.17. The standard InChI is InChI=1S/C31H40N2O5S/c34-20-27(18-24-12-6-4-7-13-24)32-29(35)19-26-16-10-2-1-3-11-17-30(36)38-21-28(33-31(26)37)23-39-22-25-14-8-5-9-15-25/h2,4-10,12-15,26-28,34H,1,3,11,16-23H2,(H,32,35)(H,33,37). The minimum atomic E-state index is -0.572. The van der Waals surface area contributed by atoms with Gasteiger partial charge in [-0.2, -0.15) is 11.8 Å². The molecule has 39 heavy (non-hydrogen) atoms. The highest BCUT2D eigenvalue weighted by Gasteiger charge is 2.25. The Balaban J connectivity index is 1.63. The molecule has 0 aliphatic carbocycles. The Bertz CT molecular complexity index is 1050. The van der Waals surface area contributed by atoms with Crippen molar-refractivity contribution in [2.75, 3.05) is 19.0 Å². The Kier molecular flexibility index (Phi) is 13.6. The molecule has 0 bridgehead atoms. The molecule has 2 amide bonds. The predicted octanol–water partition coefficient (Wildman–Crippen LogP) is 4.19. The predicted molar refractivity (Wildman–Crippen MR) is 155 cm³/mol. The van der Waals surface area contributed by atoms with Crippen molar-refractivity contribution in [2.24, 2.45) is 5.92 Å². The van der Waals surface area contributed by atoms with Crippen LogP contribution in [0.1, 0.15) is 49.7 Å². The number of cyclic esters (lactones) is 1. The number of esters is 1. The molecular weight excluding hydrogens is 512 g/mol. The van der Waals surface area contributed by atoms with Gasteiger partial charge in [-0.15, -0.1) is 0 Å². The number of amides is 2. The number of rotatable bonds is 10. The first-order valence-corrected chi connectivity index (χ1v) is 14.9. The van der Waals surface area contributed by atoms with E-state index in [2.05, 4.69) is 22.8 Å². The minimum absolute atomic E-state index is 0.00509. The van der Waals surface area contributed by atoms with Gasteiger partial charge in [0, 0.05) is 24.3 Å². The maximum absolute atomic E-state index is 13.4. The first-order chi connectivity index (χ1) is 19.0. The van der Waals surface area contributed by atoms with Crippen molar-refractivity contribution in [3.8, 4) is 0 Å². The van der Waals surface area contributed by atoms with Gasteiger partial charge in [-0.1, -0.05) is 72.8 Å². The van der Waals surface area contributed by atoms with Gasteiger partial charge in [0.1, 0.15) is 6.61 Å². The molecule has 0 radical (unpaired) electrons. The van der Waals surface area contributed by atoms with Crippen LogP contribution < -0.4 is 10.6 Å². The summed E-state index contributed by atoms with van der Waals surface area (Å²) in [7, 11) is 0. The van der Waals surface area contributed by atoms with Gasteiger partial charge in [-0.3, -0.25) is 14.4 Å². The van der Waals surface area contributed by atoms with Crippen LogP contribution in [0.25, 0.3) is 0 Å². The summed E-state index contributed by atoms with van der Waals surface area (Å²) in [6, 6.07) is 18.9. The molecule has 1 heterocycles. The van der Waals surface area contributed by atoms with Gasteiger partial charge in [0.15, 0.2) is 0 Å². The second-order valence-corrected chi connectivity index (χ2v) is 10.9. The molecule has 3 N–H and O–H groups in total. The summed E-state index contributed by atoms with van der Waals surface area (Å²) in [6.45, 7) is -0.0890. The number of ether oxygens (including phenoxy) is 1. The van der Waals surface area contributed by atoms with E-state index in [1.54, 1.807) is 11.8 Å². The quantitative estimate of drug-likeness (QED) is 0.302. The minimum Gasteiger partial charge on any atom is -0.463 e. The molecule has 2 aromatic carbocycles. The lowest BCUT2D eigenvalue weighted by Gasteiger charge is -2.23. The number of aliphatic hydroxyl groups is 1. The smallest absolute Gasteiger partial charge is 0.305 e. The summed E-state index contributed by atoms with van der Waals surface area (Å²) in [4.78, 5) is 38.5. The van der Waals surface area contributed by atoms with E-state index in [-0.39, 0.29) is 43.5 Å². The van der Waals surface area contributed by atoms with Crippen LogP contribution in [-0.2, 0) is 31.3 Å². The lowest BCUT2D eigenvalue weighted by atomic mass is 9.98. The van der Waals surface area contributed by atoms with Crippen molar-refractivity contribution in [2.45, 2.75) is 62.8 Å². The van der Waals surface area contributed by atoms with Crippen LogP contribution >= 0.6 is 11.8 Å². The van der Waals surface area contributed by atoms with E-state index in [1.165, 1.54) is 5.56 Å². The highest BCUT2D eigenvalue weighted by atomic mass is 32.2. The monoisotopic (exact) mass is 552 g/mol. The number of carbonyl (C=O) groups excluding carboxylic acids is 3. The van der Waals surface area contributed by atoms with Crippen molar-refractivity contribution in [1.29, 1.82) is 0 Å². The van der Waals surface area contributed by atoms with Gasteiger partial charge in [0.05, 0.1) is 24.6 Å². The average molecular weight is 553 g/mol. The molecule has 0 saturated carbocycles. The van der Waals surface area contributed by atoms with E-state index >= 15 is 0 Å². The fraction of sp³-hybridized carbons (Fsp3) is 0.452. The number of thioether (sulfide) groups is 1. The summed E-state index contributed by atoms with van der Waals surface area (Å²) >= 11 is 1.66. The number of benzene rings is 2. The van der Waals surface area contributed by atoms with Crippen LogP contribution in [0, 0.1) is 5.92 Å². The lowest BCUT2D eigenvalue weighted by Crippen LogP contribution is -2.45. The first-order valence-electron chi connectivity index (χ1n) is 13.7. The molecule has 7 nitrogen and oxygen atoms in total. The third-order valence-corrected chi connectivity index (χ3v) is 7.70. The number of allylic oxidation sites excluding steroid dienone is 2. The third kappa shape index (κ3) is 12.1. The van der Waals surface area contributed by atoms with E-state index in [9.17, 15) is 19.5 Å². The van der Waals surface area contributed by atoms with Crippen molar-refractivity contribution < 1.29 is 24.2 Å². The molecule has 3 atom stereocenters. The fourth-order valence-corrected chi connectivity index (χ4v) is 5.38. The molecule has 1 aliphatic rings. The van der Waals surface area contributed by atoms with Crippen LogP contribution in [0.2, 0.25) is 0 Å². The van der Waals surface area contributed by atoms with Crippen LogP contribution in [0.4, 0.5) is 0 Å². The molecule has 3 unspecified atom stereocenters. The highest BCUT2D eigenvalue weighted by molar-refractivity contribution is 7.98. The normalized spacial score (nSPS) is 19.8. The Hall–Kier alpha value is -3.10. The molecule has 2 aromatic rings. The van der Waals surface area contributed by atoms with Gasteiger partial charge in [-0.25, -0.2) is 0 Å². The summed E-state index contributed by atoms with van der Waals surface area (Å²) in [5.41, 5.74) is 2.20. The van der Waals surface area contributed by atoms with E-state index in [0.29, 0.717) is 25.0 Å². The van der Waals surface area contributed by atoms with Crippen LogP contribution in [0.15, 0.2) is 72.8 Å². The topological polar surface area (TPSA) is 105 Å². The second kappa shape index (κ2) is 17.5. The number of aliphatic hydroxyl groups excluding tert-OH is 1. The van der Waals surface area contributed by atoms with Gasteiger partial charge in [-0.05, 0) is 43.2 Å². The Labute approximate surface area is 235 Å². The maximum Gasteiger partial charge on any atom is 0.305 e. The number of hydrogen-bond acceptors (Lipinski definition) is 6. The SMILES string of the molecule is O=C(CC1CC=CCCCCC(=O)OCC(CSCc2ccccc2)NC1=O)NC(CO)Cc1ccccc1. The zero-order valence-corrected chi connectivity index (χ0v) is 23.2. The molecule has 0 spiro atoms. The molecule has 210 valence electrons.